The maximum atomic E-state index is 13.1. The summed E-state index contributed by atoms with van der Waals surface area (Å²) in [6.45, 7) is 2.48. The van der Waals surface area contributed by atoms with Crippen molar-refractivity contribution in [3.05, 3.63) is 88.4 Å². The number of benzene rings is 3. The molecule has 3 nitrogen and oxygen atoms in total. The first kappa shape index (κ1) is 22.2. The summed E-state index contributed by atoms with van der Waals surface area (Å²) in [5, 5.41) is 4.31. The first-order valence-electron chi connectivity index (χ1n) is 10.4. The molecule has 0 spiro atoms. The largest absolute Gasteiger partial charge is 0.325 e. The lowest BCUT2D eigenvalue weighted by molar-refractivity contribution is -0.121. The number of nitrogens with zero attached hydrogens (tertiary/aromatic N) is 1. The molecule has 0 aromatic heterocycles. The van der Waals surface area contributed by atoms with Crippen LogP contribution in [-0.2, 0) is 11.3 Å². The van der Waals surface area contributed by atoms with Gasteiger partial charge in [-0.1, -0.05) is 71.4 Å². The van der Waals surface area contributed by atoms with Crippen LogP contribution in [-0.4, -0.2) is 23.9 Å². The van der Waals surface area contributed by atoms with Crippen molar-refractivity contribution in [2.45, 2.75) is 29.2 Å². The van der Waals surface area contributed by atoms with E-state index in [0.29, 0.717) is 10.0 Å². The van der Waals surface area contributed by atoms with Gasteiger partial charge >= 0.3 is 0 Å². The maximum Gasteiger partial charge on any atom is 0.228 e. The van der Waals surface area contributed by atoms with E-state index >= 15 is 0 Å². The second-order valence-electron chi connectivity index (χ2n) is 7.72. The average molecular weight is 471 g/mol. The van der Waals surface area contributed by atoms with Gasteiger partial charge in [0.1, 0.15) is 0 Å². The molecule has 160 valence electrons. The van der Waals surface area contributed by atoms with Crippen LogP contribution in [0.25, 0.3) is 0 Å². The number of carbonyl (C=O) groups is 1. The second kappa shape index (κ2) is 10.6. The highest BCUT2D eigenvalue weighted by Gasteiger charge is 2.26. The molecular weight excluding hydrogens is 447 g/mol. The zero-order valence-corrected chi connectivity index (χ0v) is 19.4. The van der Waals surface area contributed by atoms with Crippen LogP contribution in [0.4, 0.5) is 5.69 Å². The van der Waals surface area contributed by atoms with E-state index in [2.05, 4.69) is 22.3 Å². The van der Waals surface area contributed by atoms with E-state index in [9.17, 15) is 4.79 Å². The van der Waals surface area contributed by atoms with E-state index in [0.717, 1.165) is 53.5 Å². The normalized spacial score (nSPS) is 16.8. The molecule has 1 aliphatic rings. The number of rotatable bonds is 6. The van der Waals surface area contributed by atoms with E-state index < -0.39 is 0 Å². The zero-order chi connectivity index (χ0) is 21.6. The van der Waals surface area contributed by atoms with E-state index in [-0.39, 0.29) is 11.8 Å². The average Bonchev–Trinajstić information content (AvgIpc) is 2.78. The van der Waals surface area contributed by atoms with Crippen molar-refractivity contribution < 1.29 is 4.79 Å². The van der Waals surface area contributed by atoms with Crippen molar-refractivity contribution >= 4 is 46.6 Å². The number of halogens is 2. The van der Waals surface area contributed by atoms with Crippen LogP contribution in [0.5, 0.6) is 0 Å². The van der Waals surface area contributed by atoms with Gasteiger partial charge in [-0.3, -0.25) is 9.69 Å². The molecule has 0 saturated carbocycles. The summed E-state index contributed by atoms with van der Waals surface area (Å²) < 4.78 is 0. The van der Waals surface area contributed by atoms with Crippen LogP contribution in [0.1, 0.15) is 18.4 Å². The SMILES string of the molecule is O=C(Nc1ccccc1Sc1ccccc1)C1CCCN(Cc2ccc(Cl)c(Cl)c2)C1. The minimum atomic E-state index is -0.0358. The van der Waals surface area contributed by atoms with E-state index in [1.165, 1.54) is 0 Å². The fourth-order valence-electron chi connectivity index (χ4n) is 3.82. The van der Waals surface area contributed by atoms with Gasteiger partial charge in [-0.15, -0.1) is 0 Å². The Balaban J connectivity index is 1.40. The molecule has 1 aliphatic heterocycles. The van der Waals surface area contributed by atoms with E-state index in [1.807, 2.05) is 60.7 Å². The highest BCUT2D eigenvalue weighted by molar-refractivity contribution is 7.99. The first-order chi connectivity index (χ1) is 15.1. The summed E-state index contributed by atoms with van der Waals surface area (Å²) in [6, 6.07) is 23.9. The Kier molecular flexibility index (Phi) is 7.57. The summed E-state index contributed by atoms with van der Waals surface area (Å²) in [4.78, 5) is 17.6. The molecule has 1 heterocycles. The van der Waals surface area contributed by atoms with Gasteiger partial charge < -0.3 is 5.32 Å². The summed E-state index contributed by atoms with van der Waals surface area (Å²) >= 11 is 13.8. The van der Waals surface area contributed by atoms with Gasteiger partial charge in [-0.05, 0) is 61.3 Å². The first-order valence-corrected chi connectivity index (χ1v) is 11.9. The molecule has 1 saturated heterocycles. The molecule has 3 aromatic rings. The van der Waals surface area contributed by atoms with Crippen molar-refractivity contribution in [3.8, 4) is 0 Å². The second-order valence-corrected chi connectivity index (χ2v) is 9.65. The minimum Gasteiger partial charge on any atom is -0.325 e. The molecule has 1 atom stereocenters. The van der Waals surface area contributed by atoms with Gasteiger partial charge in [-0.25, -0.2) is 0 Å². The predicted octanol–water partition coefficient (Wildman–Crippen LogP) is 7.00. The topological polar surface area (TPSA) is 32.3 Å². The number of hydrogen-bond acceptors (Lipinski definition) is 3. The summed E-state index contributed by atoms with van der Waals surface area (Å²) in [7, 11) is 0. The van der Waals surface area contributed by atoms with Crippen molar-refractivity contribution in [1.29, 1.82) is 0 Å². The van der Waals surface area contributed by atoms with E-state index in [1.54, 1.807) is 11.8 Å². The monoisotopic (exact) mass is 470 g/mol. The fourth-order valence-corrected chi connectivity index (χ4v) is 5.06. The smallest absolute Gasteiger partial charge is 0.228 e. The van der Waals surface area contributed by atoms with Crippen molar-refractivity contribution in [2.75, 3.05) is 18.4 Å². The molecule has 0 aliphatic carbocycles. The lowest BCUT2D eigenvalue weighted by atomic mass is 9.96. The highest BCUT2D eigenvalue weighted by Crippen LogP contribution is 2.34. The Morgan fingerprint density at radius 3 is 2.58 bits per heavy atom. The van der Waals surface area contributed by atoms with Crippen molar-refractivity contribution in [2.24, 2.45) is 5.92 Å². The molecule has 3 aromatic carbocycles. The van der Waals surface area contributed by atoms with Gasteiger partial charge in [0.15, 0.2) is 0 Å². The predicted molar refractivity (Wildman–Crippen MR) is 130 cm³/mol. The summed E-state index contributed by atoms with van der Waals surface area (Å²) in [6.07, 6.45) is 1.90. The van der Waals surface area contributed by atoms with Crippen LogP contribution in [0.2, 0.25) is 10.0 Å². The quantitative estimate of drug-likeness (QED) is 0.420. The third-order valence-corrected chi connectivity index (χ3v) is 7.21. The molecule has 1 amide bonds. The lowest BCUT2D eigenvalue weighted by Gasteiger charge is -2.32. The van der Waals surface area contributed by atoms with Crippen LogP contribution >= 0.6 is 35.0 Å². The lowest BCUT2D eigenvalue weighted by Crippen LogP contribution is -2.40. The van der Waals surface area contributed by atoms with Crippen LogP contribution < -0.4 is 5.32 Å². The number of likely N-dealkylation sites (tertiary alicyclic amines) is 1. The van der Waals surface area contributed by atoms with Crippen molar-refractivity contribution in [3.63, 3.8) is 0 Å². The fraction of sp³-hybridized carbons (Fsp3) is 0.240. The van der Waals surface area contributed by atoms with Crippen LogP contribution in [0.3, 0.4) is 0 Å². The minimum absolute atomic E-state index is 0.0358. The van der Waals surface area contributed by atoms with Gasteiger partial charge in [0.05, 0.1) is 21.7 Å². The number of nitrogens with one attached hydrogen (secondary N) is 1. The van der Waals surface area contributed by atoms with Crippen LogP contribution in [0, 0.1) is 5.92 Å². The highest BCUT2D eigenvalue weighted by atomic mass is 35.5. The van der Waals surface area contributed by atoms with Gasteiger partial charge in [0.2, 0.25) is 5.91 Å². The third-order valence-electron chi connectivity index (χ3n) is 5.38. The standard InChI is InChI=1S/C25H24Cl2N2OS/c26-21-13-12-18(15-22(21)27)16-29-14-6-7-19(17-29)25(30)28-23-10-4-5-11-24(23)31-20-8-2-1-3-9-20/h1-5,8-13,15,19H,6-7,14,16-17H2,(H,28,30). The number of hydrogen-bond donors (Lipinski definition) is 1. The van der Waals surface area contributed by atoms with Crippen LogP contribution in [0.15, 0.2) is 82.6 Å². The number of amides is 1. The number of piperidine rings is 1. The van der Waals surface area contributed by atoms with E-state index in [4.69, 9.17) is 23.2 Å². The Hall–Kier alpha value is -1.98. The Labute approximate surface area is 197 Å². The molecule has 1 unspecified atom stereocenters. The van der Waals surface area contributed by atoms with Gasteiger partial charge in [-0.2, -0.15) is 0 Å². The molecule has 1 fully saturated rings. The molecular formula is C25H24Cl2N2OS. The molecule has 31 heavy (non-hydrogen) atoms. The van der Waals surface area contributed by atoms with Crippen molar-refractivity contribution in [1.82, 2.24) is 4.90 Å². The maximum absolute atomic E-state index is 13.1. The molecule has 0 radical (unpaired) electrons. The molecule has 4 rings (SSSR count). The summed E-state index contributed by atoms with van der Waals surface area (Å²) in [5.41, 5.74) is 1.98. The molecule has 0 bridgehead atoms. The van der Waals surface area contributed by atoms with Gasteiger partial charge in [0, 0.05) is 22.9 Å². The Morgan fingerprint density at radius 1 is 1.00 bits per heavy atom. The molecule has 6 heteroatoms. The number of carbonyl (C=O) groups excluding carboxylic acids is 1. The zero-order valence-electron chi connectivity index (χ0n) is 17.1. The third kappa shape index (κ3) is 6.05. The summed E-state index contributed by atoms with van der Waals surface area (Å²) in [5.74, 6) is 0.0475. The Morgan fingerprint density at radius 2 is 1.77 bits per heavy atom. The Bertz CT molecular complexity index is 1040. The molecule has 1 N–H and O–H groups in total. The van der Waals surface area contributed by atoms with Gasteiger partial charge in [0.25, 0.3) is 0 Å². The number of para-hydroxylation sites is 1. The number of anilines is 1.